The minimum Gasteiger partial charge on any atom is -0.493 e. The predicted molar refractivity (Wildman–Crippen MR) is 129 cm³/mol. The van der Waals surface area contributed by atoms with Crippen LogP contribution in [0, 0.1) is 12.8 Å². The summed E-state index contributed by atoms with van der Waals surface area (Å²) in [6, 6.07) is 19.3. The number of aromatic nitrogens is 3. The number of rotatable bonds is 5. The molecule has 3 aromatic rings. The van der Waals surface area contributed by atoms with Crippen molar-refractivity contribution < 1.29 is 4.74 Å². The van der Waals surface area contributed by atoms with Crippen LogP contribution in [0.5, 0.6) is 5.75 Å². The van der Waals surface area contributed by atoms with Gasteiger partial charge in [0, 0.05) is 32.1 Å². The van der Waals surface area contributed by atoms with Crippen LogP contribution in [0.15, 0.2) is 59.6 Å². The SMILES string of the molecule is Cc1nnc(CN=C(NC2CCOc3ccccc32)N2CCC(Cc3ccccc3)C2)n1C. The molecule has 0 bridgehead atoms. The summed E-state index contributed by atoms with van der Waals surface area (Å²) < 4.78 is 7.88. The van der Waals surface area contributed by atoms with Gasteiger partial charge in [-0.15, -0.1) is 10.2 Å². The number of guanidine groups is 1. The zero-order chi connectivity index (χ0) is 22.6. The molecule has 0 amide bonds. The van der Waals surface area contributed by atoms with Gasteiger partial charge in [0.15, 0.2) is 11.8 Å². The van der Waals surface area contributed by atoms with E-state index >= 15 is 0 Å². The molecule has 7 nitrogen and oxygen atoms in total. The van der Waals surface area contributed by atoms with Crippen molar-refractivity contribution in [2.75, 3.05) is 19.7 Å². The average molecular weight is 445 g/mol. The highest BCUT2D eigenvalue weighted by Crippen LogP contribution is 2.32. The molecule has 2 aromatic carbocycles. The number of para-hydroxylation sites is 1. The Labute approximate surface area is 195 Å². The molecule has 1 fully saturated rings. The van der Waals surface area contributed by atoms with Gasteiger partial charge in [0.2, 0.25) is 0 Å². The molecule has 0 radical (unpaired) electrons. The lowest BCUT2D eigenvalue weighted by Gasteiger charge is -2.31. The summed E-state index contributed by atoms with van der Waals surface area (Å²) >= 11 is 0. The number of ether oxygens (including phenoxy) is 1. The fraction of sp³-hybridized carbons (Fsp3) is 0.423. The number of hydrogen-bond donors (Lipinski definition) is 1. The van der Waals surface area contributed by atoms with Gasteiger partial charge >= 0.3 is 0 Å². The van der Waals surface area contributed by atoms with Crippen LogP contribution < -0.4 is 10.1 Å². The molecule has 1 aromatic heterocycles. The van der Waals surface area contributed by atoms with Crippen LogP contribution in [0.2, 0.25) is 0 Å². The van der Waals surface area contributed by atoms with Crippen molar-refractivity contribution in [3.8, 4) is 5.75 Å². The smallest absolute Gasteiger partial charge is 0.194 e. The first-order chi connectivity index (χ1) is 16.2. The molecule has 3 heterocycles. The molecule has 5 rings (SSSR count). The van der Waals surface area contributed by atoms with Gasteiger partial charge < -0.3 is 19.5 Å². The molecule has 7 heteroatoms. The van der Waals surface area contributed by atoms with E-state index in [9.17, 15) is 0 Å². The van der Waals surface area contributed by atoms with E-state index in [1.165, 1.54) is 17.5 Å². The van der Waals surface area contributed by atoms with Crippen LogP contribution in [-0.2, 0) is 20.0 Å². The highest BCUT2D eigenvalue weighted by molar-refractivity contribution is 5.81. The first-order valence-corrected chi connectivity index (χ1v) is 11.8. The first-order valence-electron chi connectivity index (χ1n) is 11.8. The fourth-order valence-corrected chi connectivity index (χ4v) is 4.76. The third-order valence-corrected chi connectivity index (χ3v) is 6.77. The molecule has 33 heavy (non-hydrogen) atoms. The molecule has 1 saturated heterocycles. The summed E-state index contributed by atoms with van der Waals surface area (Å²) in [5.41, 5.74) is 2.61. The largest absolute Gasteiger partial charge is 0.493 e. The Morgan fingerprint density at radius 2 is 1.91 bits per heavy atom. The Kier molecular flexibility index (Phi) is 6.28. The van der Waals surface area contributed by atoms with Crippen LogP contribution in [0.4, 0.5) is 0 Å². The molecule has 2 aliphatic heterocycles. The summed E-state index contributed by atoms with van der Waals surface area (Å²) in [4.78, 5) is 7.44. The number of aryl methyl sites for hydroxylation is 1. The van der Waals surface area contributed by atoms with Gasteiger partial charge in [-0.05, 0) is 37.3 Å². The molecule has 0 aliphatic carbocycles. The number of nitrogens with one attached hydrogen (secondary N) is 1. The highest BCUT2D eigenvalue weighted by atomic mass is 16.5. The Balaban J connectivity index is 1.35. The maximum atomic E-state index is 5.88. The molecule has 0 spiro atoms. The highest BCUT2D eigenvalue weighted by Gasteiger charge is 2.29. The van der Waals surface area contributed by atoms with Crippen molar-refractivity contribution in [2.45, 2.75) is 38.8 Å². The summed E-state index contributed by atoms with van der Waals surface area (Å²) in [5, 5.41) is 12.3. The van der Waals surface area contributed by atoms with Crippen LogP contribution in [0.1, 0.15) is 41.7 Å². The van der Waals surface area contributed by atoms with E-state index in [1.54, 1.807) is 0 Å². The van der Waals surface area contributed by atoms with E-state index in [1.807, 2.05) is 30.7 Å². The first kappa shape index (κ1) is 21.5. The topological polar surface area (TPSA) is 67.6 Å². The molecular weight excluding hydrogens is 412 g/mol. The number of benzene rings is 2. The number of fused-ring (bicyclic) bond motifs is 1. The van der Waals surface area contributed by atoms with Gasteiger partial charge in [0.05, 0.1) is 12.6 Å². The van der Waals surface area contributed by atoms with Gasteiger partial charge in [-0.2, -0.15) is 0 Å². The number of hydrogen-bond acceptors (Lipinski definition) is 4. The van der Waals surface area contributed by atoms with E-state index in [4.69, 9.17) is 9.73 Å². The van der Waals surface area contributed by atoms with Crippen molar-refractivity contribution in [1.29, 1.82) is 0 Å². The lowest BCUT2D eigenvalue weighted by molar-refractivity contribution is 0.259. The van der Waals surface area contributed by atoms with Crippen molar-refractivity contribution in [2.24, 2.45) is 18.0 Å². The van der Waals surface area contributed by atoms with E-state index in [0.717, 1.165) is 49.3 Å². The van der Waals surface area contributed by atoms with Crippen molar-refractivity contribution in [3.63, 3.8) is 0 Å². The molecule has 1 N–H and O–H groups in total. The average Bonchev–Trinajstić information content (AvgIpc) is 3.44. The third kappa shape index (κ3) is 4.87. The maximum Gasteiger partial charge on any atom is 0.194 e. The maximum absolute atomic E-state index is 5.88. The van der Waals surface area contributed by atoms with Crippen LogP contribution >= 0.6 is 0 Å². The summed E-state index contributed by atoms with van der Waals surface area (Å²) in [5.74, 6) is 4.32. The van der Waals surface area contributed by atoms with Gasteiger partial charge in [0.1, 0.15) is 18.1 Å². The van der Waals surface area contributed by atoms with Gasteiger partial charge in [-0.3, -0.25) is 0 Å². The summed E-state index contributed by atoms with van der Waals surface area (Å²) in [6.07, 6.45) is 3.19. The normalized spacial score (nSPS) is 20.4. The van der Waals surface area contributed by atoms with Crippen LogP contribution in [0.25, 0.3) is 0 Å². The Hall–Kier alpha value is -3.35. The van der Waals surface area contributed by atoms with Gasteiger partial charge in [-0.25, -0.2) is 4.99 Å². The quantitative estimate of drug-likeness (QED) is 0.481. The monoisotopic (exact) mass is 444 g/mol. The van der Waals surface area contributed by atoms with Crippen molar-refractivity contribution in [3.05, 3.63) is 77.4 Å². The van der Waals surface area contributed by atoms with Crippen molar-refractivity contribution in [1.82, 2.24) is 25.0 Å². The Bertz CT molecular complexity index is 1110. The predicted octanol–water partition coefficient (Wildman–Crippen LogP) is 3.66. The van der Waals surface area contributed by atoms with E-state index < -0.39 is 0 Å². The standard InChI is InChI=1S/C26H32N6O/c1-19-29-30-25(31(19)2)17-27-26(28-23-13-15-33-24-11-7-6-10-22(23)24)32-14-12-21(18-32)16-20-8-4-3-5-9-20/h3-11,21,23H,12-18H2,1-2H3,(H,27,28). The summed E-state index contributed by atoms with van der Waals surface area (Å²) in [6.45, 7) is 5.19. The van der Waals surface area contributed by atoms with Crippen LogP contribution in [0.3, 0.4) is 0 Å². The Morgan fingerprint density at radius 1 is 1.09 bits per heavy atom. The van der Waals surface area contributed by atoms with Crippen LogP contribution in [-0.4, -0.2) is 45.3 Å². The zero-order valence-electron chi connectivity index (χ0n) is 19.4. The number of nitrogens with zero attached hydrogens (tertiary/aromatic N) is 5. The van der Waals surface area contributed by atoms with Gasteiger partial charge in [-0.1, -0.05) is 48.5 Å². The minimum absolute atomic E-state index is 0.183. The molecule has 0 saturated carbocycles. The summed E-state index contributed by atoms with van der Waals surface area (Å²) in [7, 11) is 1.99. The van der Waals surface area contributed by atoms with E-state index in [2.05, 4.69) is 62.9 Å². The second-order valence-corrected chi connectivity index (χ2v) is 9.02. The fourth-order valence-electron chi connectivity index (χ4n) is 4.76. The number of aliphatic imine (C=N–C) groups is 1. The van der Waals surface area contributed by atoms with Gasteiger partial charge in [0.25, 0.3) is 0 Å². The second-order valence-electron chi connectivity index (χ2n) is 9.02. The molecular formula is C26H32N6O. The van der Waals surface area contributed by atoms with E-state index in [0.29, 0.717) is 19.1 Å². The molecule has 2 unspecified atom stereocenters. The molecule has 2 aliphatic rings. The second kappa shape index (κ2) is 9.65. The van der Waals surface area contributed by atoms with E-state index in [-0.39, 0.29) is 6.04 Å². The Morgan fingerprint density at radius 3 is 2.73 bits per heavy atom. The lowest BCUT2D eigenvalue weighted by Crippen LogP contribution is -2.43. The lowest BCUT2D eigenvalue weighted by atomic mass is 9.99. The van der Waals surface area contributed by atoms with Crippen molar-refractivity contribution >= 4 is 5.96 Å². The molecule has 2 atom stereocenters. The minimum atomic E-state index is 0.183. The molecule has 172 valence electrons. The third-order valence-electron chi connectivity index (χ3n) is 6.77. The zero-order valence-corrected chi connectivity index (χ0v) is 19.4. The number of likely N-dealkylation sites (tertiary alicyclic amines) is 1.